The number of hydrogen-bond donors (Lipinski definition) is 0. The molecule has 7 rings (SSSR count). The van der Waals surface area contributed by atoms with Gasteiger partial charge in [-0.05, 0) is 72.2 Å². The smallest absolute Gasteiger partial charge is 0.456 e. The number of furan rings is 1. The summed E-state index contributed by atoms with van der Waals surface area (Å²) in [5, 5.41) is 9.56. The number of fused-ring (bicyclic) bond motifs is 10. The summed E-state index contributed by atoms with van der Waals surface area (Å²) in [6.07, 6.45) is 0. The largest absolute Gasteiger partial charge is 0.495 e. The van der Waals surface area contributed by atoms with E-state index >= 15 is 0 Å². The lowest BCUT2D eigenvalue weighted by molar-refractivity contribution is 0.00578. The van der Waals surface area contributed by atoms with E-state index < -0.39 is 18.3 Å². The summed E-state index contributed by atoms with van der Waals surface area (Å²) < 4.78 is 19.3. The van der Waals surface area contributed by atoms with Crippen LogP contribution in [0.5, 0.6) is 0 Å². The summed E-state index contributed by atoms with van der Waals surface area (Å²) in [4.78, 5) is 0. The maximum absolute atomic E-state index is 6.52. The van der Waals surface area contributed by atoms with Crippen molar-refractivity contribution in [3.8, 4) is 0 Å². The van der Waals surface area contributed by atoms with Crippen LogP contribution in [-0.4, -0.2) is 18.3 Å². The molecule has 2 heterocycles. The Kier molecular flexibility index (Phi) is 3.91. The Morgan fingerprint density at radius 2 is 1.12 bits per heavy atom. The lowest BCUT2D eigenvalue weighted by Gasteiger charge is -2.32. The predicted molar refractivity (Wildman–Crippen MR) is 142 cm³/mol. The second kappa shape index (κ2) is 6.62. The van der Waals surface area contributed by atoms with Crippen LogP contribution < -0.4 is 5.46 Å². The van der Waals surface area contributed by atoms with Crippen LogP contribution in [0.3, 0.4) is 0 Å². The Labute approximate surface area is 198 Å². The Hall–Kier alpha value is -3.34. The number of hydrogen-bond acceptors (Lipinski definition) is 3. The SMILES string of the molecule is CC1(C)OB(c2cccc3c4ccccc4c4c(ccc5oc6ccccc6c54)c23)OC1(C)C. The van der Waals surface area contributed by atoms with Crippen LogP contribution >= 0.6 is 0 Å². The third-order valence-corrected chi connectivity index (χ3v) is 7.90. The molecular formula is C30H25BO3. The Morgan fingerprint density at radius 1 is 0.500 bits per heavy atom. The van der Waals surface area contributed by atoms with Gasteiger partial charge in [-0.2, -0.15) is 0 Å². The van der Waals surface area contributed by atoms with Crippen molar-refractivity contribution in [3.05, 3.63) is 78.9 Å². The number of para-hydroxylation sites is 1. The van der Waals surface area contributed by atoms with Crippen molar-refractivity contribution in [3.63, 3.8) is 0 Å². The molecule has 6 aromatic rings. The maximum atomic E-state index is 6.52. The highest BCUT2D eigenvalue weighted by atomic mass is 16.7. The summed E-state index contributed by atoms with van der Waals surface area (Å²) in [5.41, 5.74) is 2.08. The molecule has 3 nitrogen and oxygen atoms in total. The topological polar surface area (TPSA) is 31.6 Å². The fourth-order valence-electron chi connectivity index (χ4n) is 5.50. The van der Waals surface area contributed by atoms with E-state index in [-0.39, 0.29) is 0 Å². The van der Waals surface area contributed by atoms with Gasteiger partial charge < -0.3 is 13.7 Å². The van der Waals surface area contributed by atoms with Crippen LogP contribution in [0.2, 0.25) is 0 Å². The van der Waals surface area contributed by atoms with Crippen molar-refractivity contribution in [2.75, 3.05) is 0 Å². The Balaban J connectivity index is 1.68. The second-order valence-corrected chi connectivity index (χ2v) is 10.4. The fraction of sp³-hybridized carbons (Fsp3) is 0.200. The van der Waals surface area contributed by atoms with Crippen LogP contribution in [0.4, 0.5) is 0 Å². The molecule has 1 aliphatic heterocycles. The van der Waals surface area contributed by atoms with E-state index in [0.717, 1.165) is 27.4 Å². The zero-order valence-electron chi connectivity index (χ0n) is 19.8. The van der Waals surface area contributed by atoms with Gasteiger partial charge in [0.2, 0.25) is 0 Å². The summed E-state index contributed by atoms with van der Waals surface area (Å²) in [7, 11) is -0.435. The molecule has 0 spiro atoms. The predicted octanol–water partition coefficient (Wildman–Crippen LogP) is 7.34. The highest BCUT2D eigenvalue weighted by Crippen LogP contribution is 2.43. The van der Waals surface area contributed by atoms with E-state index in [4.69, 9.17) is 13.7 Å². The molecule has 0 amide bonds. The van der Waals surface area contributed by atoms with Crippen molar-refractivity contribution >= 4 is 66.8 Å². The van der Waals surface area contributed by atoms with Crippen molar-refractivity contribution in [1.29, 1.82) is 0 Å². The average molecular weight is 444 g/mol. The minimum Gasteiger partial charge on any atom is -0.456 e. The zero-order valence-corrected chi connectivity index (χ0v) is 19.8. The molecule has 0 unspecified atom stereocenters. The molecule has 5 aromatic carbocycles. The van der Waals surface area contributed by atoms with Gasteiger partial charge in [-0.1, -0.05) is 66.7 Å². The van der Waals surface area contributed by atoms with Gasteiger partial charge in [-0.25, -0.2) is 0 Å². The summed E-state index contributed by atoms with van der Waals surface area (Å²) >= 11 is 0. The minimum absolute atomic E-state index is 0.402. The van der Waals surface area contributed by atoms with Gasteiger partial charge in [0.05, 0.1) is 11.2 Å². The van der Waals surface area contributed by atoms with Crippen molar-refractivity contribution in [1.82, 2.24) is 0 Å². The van der Waals surface area contributed by atoms with Gasteiger partial charge in [0.15, 0.2) is 0 Å². The lowest BCUT2D eigenvalue weighted by Crippen LogP contribution is -2.41. The Bertz CT molecular complexity index is 1760. The van der Waals surface area contributed by atoms with Gasteiger partial charge in [0, 0.05) is 16.2 Å². The van der Waals surface area contributed by atoms with Gasteiger partial charge in [0.25, 0.3) is 0 Å². The fourth-order valence-corrected chi connectivity index (χ4v) is 5.50. The molecule has 0 radical (unpaired) electrons. The number of rotatable bonds is 1. The minimum atomic E-state index is -0.435. The summed E-state index contributed by atoms with van der Waals surface area (Å²) in [6.45, 7) is 8.42. The van der Waals surface area contributed by atoms with E-state index in [1.165, 1.54) is 32.3 Å². The molecule has 0 bridgehead atoms. The van der Waals surface area contributed by atoms with Gasteiger partial charge in [0.1, 0.15) is 11.2 Å². The maximum Gasteiger partial charge on any atom is 0.495 e. The second-order valence-electron chi connectivity index (χ2n) is 10.4. The lowest BCUT2D eigenvalue weighted by atomic mass is 9.74. The molecule has 4 heteroatoms. The Morgan fingerprint density at radius 3 is 1.88 bits per heavy atom. The first-order valence-electron chi connectivity index (χ1n) is 11.9. The van der Waals surface area contributed by atoms with Crippen LogP contribution in [0.1, 0.15) is 27.7 Å². The molecule has 0 N–H and O–H groups in total. The van der Waals surface area contributed by atoms with E-state index in [2.05, 4.69) is 94.4 Å². The van der Waals surface area contributed by atoms with Crippen LogP contribution in [0.25, 0.3) is 54.3 Å². The van der Waals surface area contributed by atoms with Crippen molar-refractivity contribution < 1.29 is 13.7 Å². The monoisotopic (exact) mass is 444 g/mol. The molecule has 34 heavy (non-hydrogen) atoms. The molecule has 0 aliphatic carbocycles. The molecule has 1 fully saturated rings. The first kappa shape index (κ1) is 20.1. The first-order valence-corrected chi connectivity index (χ1v) is 11.9. The highest BCUT2D eigenvalue weighted by Gasteiger charge is 2.52. The van der Waals surface area contributed by atoms with Gasteiger partial charge >= 0.3 is 7.12 Å². The molecule has 0 atom stereocenters. The van der Waals surface area contributed by atoms with E-state index in [1.807, 2.05) is 12.1 Å². The quantitative estimate of drug-likeness (QED) is 0.196. The molecule has 1 saturated heterocycles. The molecule has 0 saturated carbocycles. The average Bonchev–Trinajstić information content (AvgIpc) is 3.31. The first-order chi connectivity index (χ1) is 16.4. The standard InChI is InChI=1S/C30H25BO3/c1-29(2)30(3,4)34-31(33-29)23-14-9-13-19-18-10-5-6-11-20(18)27-22(26(19)23)16-17-25-28(27)21-12-7-8-15-24(21)32-25/h5-17H,1-4H3. The van der Waals surface area contributed by atoms with Crippen LogP contribution in [0, 0.1) is 0 Å². The number of benzene rings is 5. The highest BCUT2D eigenvalue weighted by molar-refractivity contribution is 6.66. The summed E-state index contributed by atoms with van der Waals surface area (Å²) in [6, 6.07) is 27.7. The third-order valence-electron chi connectivity index (χ3n) is 7.90. The summed E-state index contributed by atoms with van der Waals surface area (Å²) in [5.74, 6) is 0. The van der Waals surface area contributed by atoms with Crippen molar-refractivity contribution in [2.45, 2.75) is 38.9 Å². The third kappa shape index (κ3) is 2.55. The van der Waals surface area contributed by atoms with Crippen LogP contribution in [-0.2, 0) is 9.31 Å². The van der Waals surface area contributed by atoms with Crippen LogP contribution in [0.15, 0.2) is 83.3 Å². The molecular weight excluding hydrogens is 419 g/mol. The zero-order chi connectivity index (χ0) is 23.2. The molecule has 1 aromatic heterocycles. The van der Waals surface area contributed by atoms with Gasteiger partial charge in [-0.3, -0.25) is 0 Å². The van der Waals surface area contributed by atoms with E-state index in [9.17, 15) is 0 Å². The molecule has 1 aliphatic rings. The molecule has 166 valence electrons. The normalized spacial score (nSPS) is 17.6. The van der Waals surface area contributed by atoms with E-state index in [1.54, 1.807) is 0 Å². The van der Waals surface area contributed by atoms with Crippen molar-refractivity contribution in [2.24, 2.45) is 0 Å². The van der Waals surface area contributed by atoms with E-state index in [0.29, 0.717) is 0 Å². The van der Waals surface area contributed by atoms with Gasteiger partial charge in [-0.15, -0.1) is 0 Å².